The summed E-state index contributed by atoms with van der Waals surface area (Å²) in [6.45, 7) is 8.84. The highest BCUT2D eigenvalue weighted by molar-refractivity contribution is 5.81. The molecule has 1 saturated heterocycles. The number of piperazine rings is 1. The number of para-hydroxylation sites is 2. The maximum absolute atomic E-state index is 9.99. The fourth-order valence-corrected chi connectivity index (χ4v) is 2.97. The topological polar surface area (TPSA) is 51.1 Å². The van der Waals surface area contributed by atoms with Crippen LogP contribution in [0.4, 0.5) is 5.69 Å². The van der Waals surface area contributed by atoms with Gasteiger partial charge in [-0.2, -0.15) is 0 Å². The van der Waals surface area contributed by atoms with Gasteiger partial charge in [-0.25, -0.2) is 0 Å². The minimum Gasteiger partial charge on any atom is -0.506 e. The van der Waals surface area contributed by atoms with E-state index < -0.39 is 0 Å². The summed E-state index contributed by atoms with van der Waals surface area (Å²) in [4.78, 5) is 9.22. The Bertz CT molecular complexity index is 537. The molecule has 120 valence electrons. The van der Waals surface area contributed by atoms with Gasteiger partial charge >= 0.3 is 0 Å². The highest BCUT2D eigenvalue weighted by Crippen LogP contribution is 2.30. The van der Waals surface area contributed by atoms with Crippen LogP contribution in [-0.4, -0.2) is 54.7 Å². The van der Waals surface area contributed by atoms with Crippen LogP contribution in [0, 0.1) is 5.92 Å². The average molecular weight is 302 g/mol. The number of aliphatic imine (C=N–C) groups is 1. The van der Waals surface area contributed by atoms with Gasteiger partial charge in [0.1, 0.15) is 5.75 Å². The summed E-state index contributed by atoms with van der Waals surface area (Å²) in [5, 5.41) is 13.6. The van der Waals surface area contributed by atoms with E-state index in [2.05, 4.69) is 34.0 Å². The number of benzene rings is 1. The van der Waals surface area contributed by atoms with E-state index in [1.54, 1.807) is 6.07 Å². The van der Waals surface area contributed by atoms with Crippen molar-refractivity contribution in [3.8, 4) is 5.75 Å². The lowest BCUT2D eigenvalue weighted by molar-refractivity contribution is 0.368. The zero-order valence-corrected chi connectivity index (χ0v) is 13.5. The molecule has 2 N–H and O–H groups in total. The van der Waals surface area contributed by atoms with Crippen molar-refractivity contribution in [1.29, 1.82) is 0 Å². The van der Waals surface area contributed by atoms with E-state index in [0.29, 0.717) is 11.8 Å². The lowest BCUT2D eigenvalue weighted by Gasteiger charge is -2.38. The quantitative estimate of drug-likeness (QED) is 0.661. The molecule has 1 heterocycles. The van der Waals surface area contributed by atoms with Gasteiger partial charge in [0.05, 0.1) is 5.69 Å². The van der Waals surface area contributed by atoms with Crippen molar-refractivity contribution in [2.24, 2.45) is 10.9 Å². The Kier molecular flexibility index (Phi) is 4.41. The Labute approximate surface area is 132 Å². The number of phenols is 1. The van der Waals surface area contributed by atoms with Crippen LogP contribution < -0.4 is 10.2 Å². The van der Waals surface area contributed by atoms with Crippen molar-refractivity contribution in [2.75, 3.05) is 37.6 Å². The Hall–Kier alpha value is -1.91. The van der Waals surface area contributed by atoms with Crippen molar-refractivity contribution in [3.05, 3.63) is 24.3 Å². The minimum atomic E-state index is 0.364. The van der Waals surface area contributed by atoms with E-state index in [1.165, 1.54) is 6.42 Å². The average Bonchev–Trinajstić information content (AvgIpc) is 3.23. The molecule has 1 aromatic carbocycles. The van der Waals surface area contributed by atoms with E-state index in [-0.39, 0.29) is 0 Å². The summed E-state index contributed by atoms with van der Waals surface area (Å²) in [6.07, 6.45) is 1.25. The molecule has 1 aromatic rings. The molecular formula is C17H26N4O. The summed E-state index contributed by atoms with van der Waals surface area (Å²) in [5.74, 6) is 2.18. The monoisotopic (exact) mass is 302 g/mol. The van der Waals surface area contributed by atoms with Crippen molar-refractivity contribution in [2.45, 2.75) is 26.3 Å². The first-order valence-electron chi connectivity index (χ1n) is 8.28. The first-order valence-corrected chi connectivity index (χ1v) is 8.28. The van der Waals surface area contributed by atoms with E-state index >= 15 is 0 Å². The number of nitrogens with one attached hydrogen (secondary N) is 1. The molecule has 1 saturated carbocycles. The van der Waals surface area contributed by atoms with Gasteiger partial charge in [-0.05, 0) is 31.4 Å². The molecule has 1 aliphatic carbocycles. The second-order valence-corrected chi connectivity index (χ2v) is 6.22. The fraction of sp³-hybridized carbons (Fsp3) is 0.588. The van der Waals surface area contributed by atoms with Gasteiger partial charge < -0.3 is 20.2 Å². The summed E-state index contributed by atoms with van der Waals surface area (Å²) in [7, 11) is 0. The number of hydrogen-bond acceptors (Lipinski definition) is 3. The third-order valence-corrected chi connectivity index (χ3v) is 4.53. The SMILES string of the molecule is CCN=C(NC1CC1C)N1CCN(c2ccccc2O)CC1. The highest BCUT2D eigenvalue weighted by atomic mass is 16.3. The van der Waals surface area contributed by atoms with Gasteiger partial charge in [0.25, 0.3) is 0 Å². The molecule has 2 fully saturated rings. The maximum atomic E-state index is 9.99. The normalized spacial score (nSPS) is 25.3. The van der Waals surface area contributed by atoms with Crippen LogP contribution in [0.3, 0.4) is 0 Å². The Morgan fingerprint density at radius 2 is 1.95 bits per heavy atom. The number of aromatic hydroxyl groups is 1. The minimum absolute atomic E-state index is 0.364. The van der Waals surface area contributed by atoms with Crippen molar-refractivity contribution in [1.82, 2.24) is 10.2 Å². The first-order chi connectivity index (χ1) is 10.7. The van der Waals surface area contributed by atoms with Crippen LogP contribution in [0.2, 0.25) is 0 Å². The van der Waals surface area contributed by atoms with Crippen LogP contribution >= 0.6 is 0 Å². The molecule has 22 heavy (non-hydrogen) atoms. The zero-order chi connectivity index (χ0) is 15.5. The van der Waals surface area contributed by atoms with Gasteiger partial charge in [-0.3, -0.25) is 4.99 Å². The molecule has 5 nitrogen and oxygen atoms in total. The standard InChI is InChI=1S/C17H26N4O/c1-3-18-17(19-14-12-13(14)2)21-10-8-20(9-11-21)15-6-4-5-7-16(15)22/h4-7,13-14,22H,3,8-12H2,1-2H3,(H,18,19). The second kappa shape index (κ2) is 6.46. The van der Waals surface area contributed by atoms with Gasteiger partial charge in [0.15, 0.2) is 5.96 Å². The molecule has 1 aliphatic heterocycles. The predicted molar refractivity (Wildman–Crippen MR) is 90.6 cm³/mol. The Morgan fingerprint density at radius 3 is 2.55 bits per heavy atom. The predicted octanol–water partition coefficient (Wildman–Crippen LogP) is 1.89. The van der Waals surface area contributed by atoms with Crippen LogP contribution in [-0.2, 0) is 0 Å². The molecule has 0 radical (unpaired) electrons. The summed E-state index contributed by atoms with van der Waals surface area (Å²) < 4.78 is 0. The Morgan fingerprint density at radius 1 is 1.27 bits per heavy atom. The second-order valence-electron chi connectivity index (χ2n) is 6.22. The lowest BCUT2D eigenvalue weighted by Crippen LogP contribution is -2.53. The maximum Gasteiger partial charge on any atom is 0.194 e. The van der Waals surface area contributed by atoms with Crippen LogP contribution in [0.15, 0.2) is 29.3 Å². The number of rotatable bonds is 3. The smallest absolute Gasteiger partial charge is 0.194 e. The molecule has 2 aliphatic rings. The van der Waals surface area contributed by atoms with Crippen molar-refractivity contribution in [3.63, 3.8) is 0 Å². The number of nitrogens with zero attached hydrogens (tertiary/aromatic N) is 3. The molecular weight excluding hydrogens is 276 g/mol. The van der Waals surface area contributed by atoms with Gasteiger partial charge in [-0.1, -0.05) is 19.1 Å². The highest BCUT2D eigenvalue weighted by Gasteiger charge is 2.34. The third-order valence-electron chi connectivity index (χ3n) is 4.53. The van der Waals surface area contributed by atoms with E-state index in [0.717, 1.165) is 50.3 Å². The van der Waals surface area contributed by atoms with E-state index in [1.807, 2.05) is 18.2 Å². The lowest BCUT2D eigenvalue weighted by atomic mass is 10.2. The number of phenolic OH excluding ortho intramolecular Hbond substituents is 1. The molecule has 2 unspecified atom stereocenters. The third kappa shape index (κ3) is 3.29. The van der Waals surface area contributed by atoms with Gasteiger partial charge in [-0.15, -0.1) is 0 Å². The van der Waals surface area contributed by atoms with E-state index in [9.17, 15) is 5.11 Å². The molecule has 0 spiro atoms. The number of hydrogen-bond donors (Lipinski definition) is 2. The van der Waals surface area contributed by atoms with Gasteiger partial charge in [0, 0.05) is 38.8 Å². The summed E-state index contributed by atoms with van der Waals surface area (Å²) >= 11 is 0. The number of guanidine groups is 1. The molecule has 2 atom stereocenters. The molecule has 0 aromatic heterocycles. The summed E-state index contributed by atoms with van der Waals surface area (Å²) in [6, 6.07) is 8.17. The number of anilines is 1. The van der Waals surface area contributed by atoms with Crippen LogP contribution in [0.25, 0.3) is 0 Å². The Balaban J connectivity index is 1.60. The van der Waals surface area contributed by atoms with Gasteiger partial charge in [0.2, 0.25) is 0 Å². The molecule has 0 amide bonds. The van der Waals surface area contributed by atoms with Crippen molar-refractivity contribution >= 4 is 11.6 Å². The first kappa shape index (κ1) is 15.0. The molecule has 3 rings (SSSR count). The van der Waals surface area contributed by atoms with Crippen molar-refractivity contribution < 1.29 is 5.11 Å². The van der Waals surface area contributed by atoms with Crippen LogP contribution in [0.5, 0.6) is 5.75 Å². The molecule has 0 bridgehead atoms. The zero-order valence-electron chi connectivity index (χ0n) is 13.5. The summed E-state index contributed by atoms with van der Waals surface area (Å²) in [5.41, 5.74) is 0.930. The van der Waals surface area contributed by atoms with Crippen LogP contribution in [0.1, 0.15) is 20.3 Å². The largest absolute Gasteiger partial charge is 0.506 e. The van der Waals surface area contributed by atoms with E-state index in [4.69, 9.17) is 0 Å². The fourth-order valence-electron chi connectivity index (χ4n) is 2.97. The molecule has 5 heteroatoms.